The van der Waals surface area contributed by atoms with E-state index in [-0.39, 0.29) is 18.7 Å². The molecule has 5 nitrogen and oxygen atoms in total. The SMILES string of the molecule is O=C(O)CCC(=O)NCCc1ccc(OCc2cccc3ccccc23)cc1. The Morgan fingerprint density at radius 2 is 1.64 bits per heavy atom. The lowest BCUT2D eigenvalue weighted by molar-refractivity contribution is -0.138. The van der Waals surface area contributed by atoms with Crippen LogP contribution in [0.3, 0.4) is 0 Å². The molecule has 2 N–H and O–H groups in total. The van der Waals surface area contributed by atoms with Crippen LogP contribution >= 0.6 is 0 Å². The monoisotopic (exact) mass is 377 g/mol. The summed E-state index contributed by atoms with van der Waals surface area (Å²) in [5, 5.41) is 13.7. The number of benzene rings is 3. The first-order valence-corrected chi connectivity index (χ1v) is 9.29. The standard InChI is InChI=1S/C23H23NO4/c25-22(12-13-23(26)27)24-15-14-17-8-10-20(11-9-17)28-16-19-6-3-5-18-4-1-2-7-21(18)19/h1-11H,12-16H2,(H,24,25)(H,26,27). The lowest BCUT2D eigenvalue weighted by Crippen LogP contribution is -2.25. The molecule has 0 aliphatic carbocycles. The zero-order valence-electron chi connectivity index (χ0n) is 15.6. The van der Waals surface area contributed by atoms with Crippen LogP contribution in [0, 0.1) is 0 Å². The average molecular weight is 377 g/mol. The summed E-state index contributed by atoms with van der Waals surface area (Å²) in [7, 11) is 0. The summed E-state index contributed by atoms with van der Waals surface area (Å²) in [6.45, 7) is 0.981. The first-order valence-electron chi connectivity index (χ1n) is 9.29. The van der Waals surface area contributed by atoms with E-state index in [4.69, 9.17) is 9.84 Å². The number of rotatable bonds is 9. The molecule has 0 radical (unpaired) electrons. The minimum absolute atomic E-state index is 0.0102. The Hall–Kier alpha value is -3.34. The Morgan fingerprint density at radius 1 is 0.893 bits per heavy atom. The van der Waals surface area contributed by atoms with Crippen molar-refractivity contribution in [3.63, 3.8) is 0 Å². The smallest absolute Gasteiger partial charge is 0.303 e. The van der Waals surface area contributed by atoms with Gasteiger partial charge in [-0.2, -0.15) is 0 Å². The third-order valence-electron chi connectivity index (χ3n) is 4.50. The molecule has 0 spiro atoms. The number of nitrogens with one attached hydrogen (secondary N) is 1. The van der Waals surface area contributed by atoms with Gasteiger partial charge >= 0.3 is 5.97 Å². The Bertz CT molecular complexity index is 945. The molecule has 5 heteroatoms. The first kappa shape index (κ1) is 19.4. The van der Waals surface area contributed by atoms with Crippen molar-refractivity contribution in [2.24, 2.45) is 0 Å². The lowest BCUT2D eigenvalue weighted by Gasteiger charge is -2.10. The normalized spacial score (nSPS) is 10.6. The average Bonchev–Trinajstić information content (AvgIpc) is 2.71. The number of amides is 1. The summed E-state index contributed by atoms with van der Waals surface area (Å²) in [4.78, 5) is 22.0. The van der Waals surface area contributed by atoms with Gasteiger partial charge in [0.15, 0.2) is 0 Å². The Balaban J connectivity index is 1.48. The quantitative estimate of drug-likeness (QED) is 0.592. The number of hydrogen-bond donors (Lipinski definition) is 2. The van der Waals surface area contributed by atoms with Crippen LogP contribution in [0.2, 0.25) is 0 Å². The molecule has 0 saturated heterocycles. The highest BCUT2D eigenvalue weighted by Gasteiger charge is 2.05. The summed E-state index contributed by atoms with van der Waals surface area (Å²) in [5.41, 5.74) is 2.22. The molecule has 3 rings (SSSR count). The predicted molar refractivity (Wildman–Crippen MR) is 108 cm³/mol. The number of carbonyl (C=O) groups is 2. The minimum atomic E-state index is -0.964. The molecule has 0 aromatic heterocycles. The highest BCUT2D eigenvalue weighted by molar-refractivity contribution is 5.85. The van der Waals surface area contributed by atoms with Gasteiger partial charge in [-0.15, -0.1) is 0 Å². The maximum atomic E-state index is 11.5. The third-order valence-corrected chi connectivity index (χ3v) is 4.50. The van der Waals surface area contributed by atoms with E-state index in [1.165, 1.54) is 10.8 Å². The highest BCUT2D eigenvalue weighted by Crippen LogP contribution is 2.21. The predicted octanol–water partition coefficient (Wildman–Crippen LogP) is 3.94. The van der Waals surface area contributed by atoms with Crippen LogP contribution in [0.25, 0.3) is 10.8 Å². The van der Waals surface area contributed by atoms with Crippen LogP contribution in [0.1, 0.15) is 24.0 Å². The second-order valence-corrected chi connectivity index (χ2v) is 6.56. The van der Waals surface area contributed by atoms with E-state index >= 15 is 0 Å². The Morgan fingerprint density at radius 3 is 2.43 bits per heavy atom. The number of aliphatic carboxylic acids is 1. The lowest BCUT2D eigenvalue weighted by atomic mass is 10.1. The van der Waals surface area contributed by atoms with Crippen molar-refractivity contribution >= 4 is 22.6 Å². The molecule has 3 aromatic carbocycles. The van der Waals surface area contributed by atoms with Crippen molar-refractivity contribution in [1.29, 1.82) is 0 Å². The first-order chi connectivity index (χ1) is 13.6. The highest BCUT2D eigenvalue weighted by atomic mass is 16.5. The molecule has 0 heterocycles. The summed E-state index contributed by atoms with van der Waals surface area (Å²) >= 11 is 0. The third kappa shape index (κ3) is 5.58. The van der Waals surface area contributed by atoms with E-state index in [9.17, 15) is 9.59 Å². The molecule has 1 amide bonds. The van der Waals surface area contributed by atoms with Crippen molar-refractivity contribution in [1.82, 2.24) is 5.32 Å². The van der Waals surface area contributed by atoms with Gasteiger partial charge in [-0.05, 0) is 40.5 Å². The number of carboxylic acid groups (broad SMARTS) is 1. The second-order valence-electron chi connectivity index (χ2n) is 6.56. The molecule has 3 aromatic rings. The van der Waals surface area contributed by atoms with Gasteiger partial charge in [0.05, 0.1) is 6.42 Å². The van der Waals surface area contributed by atoms with Crippen LogP contribution in [0.4, 0.5) is 0 Å². The van der Waals surface area contributed by atoms with E-state index in [0.717, 1.165) is 16.9 Å². The van der Waals surface area contributed by atoms with Crippen molar-refractivity contribution < 1.29 is 19.4 Å². The topological polar surface area (TPSA) is 75.6 Å². The van der Waals surface area contributed by atoms with Crippen LogP contribution < -0.4 is 10.1 Å². The fourth-order valence-corrected chi connectivity index (χ4v) is 2.99. The molecule has 28 heavy (non-hydrogen) atoms. The number of hydrogen-bond acceptors (Lipinski definition) is 3. The molecule has 0 unspecified atom stereocenters. The maximum Gasteiger partial charge on any atom is 0.303 e. The second kappa shape index (κ2) is 9.55. The fraction of sp³-hybridized carbons (Fsp3) is 0.217. The molecule has 0 saturated carbocycles. The van der Waals surface area contributed by atoms with Gasteiger partial charge in [0.25, 0.3) is 0 Å². The van der Waals surface area contributed by atoms with Crippen molar-refractivity contribution in [3.05, 3.63) is 77.9 Å². The molecule has 0 aliphatic heterocycles. The Kier molecular flexibility index (Phi) is 6.63. The van der Waals surface area contributed by atoms with Gasteiger partial charge in [0.1, 0.15) is 12.4 Å². The minimum Gasteiger partial charge on any atom is -0.489 e. The molecular weight excluding hydrogens is 354 g/mol. The number of carbonyl (C=O) groups excluding carboxylic acids is 1. The fourth-order valence-electron chi connectivity index (χ4n) is 2.99. The molecule has 0 atom stereocenters. The van der Waals surface area contributed by atoms with Crippen molar-refractivity contribution in [3.8, 4) is 5.75 Å². The van der Waals surface area contributed by atoms with Crippen LogP contribution in [-0.4, -0.2) is 23.5 Å². The molecule has 0 aliphatic rings. The number of fused-ring (bicyclic) bond motifs is 1. The van der Waals surface area contributed by atoms with Crippen LogP contribution in [0.15, 0.2) is 66.7 Å². The van der Waals surface area contributed by atoms with Gasteiger partial charge in [-0.1, -0.05) is 54.6 Å². The van der Waals surface area contributed by atoms with E-state index in [0.29, 0.717) is 19.6 Å². The molecular formula is C23H23NO4. The van der Waals surface area contributed by atoms with Crippen LogP contribution in [-0.2, 0) is 22.6 Å². The van der Waals surface area contributed by atoms with Crippen molar-refractivity contribution in [2.75, 3.05) is 6.54 Å². The van der Waals surface area contributed by atoms with Gasteiger partial charge in [-0.3, -0.25) is 9.59 Å². The maximum absolute atomic E-state index is 11.5. The molecule has 144 valence electrons. The summed E-state index contributed by atoms with van der Waals surface area (Å²) in [5.74, 6) is -0.408. The van der Waals surface area contributed by atoms with Crippen LogP contribution in [0.5, 0.6) is 5.75 Å². The summed E-state index contributed by atoms with van der Waals surface area (Å²) in [6.07, 6.45) is 0.549. The Labute approximate surface area is 164 Å². The summed E-state index contributed by atoms with van der Waals surface area (Å²) < 4.78 is 5.93. The van der Waals surface area contributed by atoms with E-state index in [1.807, 2.05) is 42.5 Å². The van der Waals surface area contributed by atoms with Gasteiger partial charge in [0.2, 0.25) is 5.91 Å². The zero-order valence-corrected chi connectivity index (χ0v) is 15.6. The molecule has 0 bridgehead atoms. The van der Waals surface area contributed by atoms with Crippen molar-refractivity contribution in [2.45, 2.75) is 25.9 Å². The van der Waals surface area contributed by atoms with E-state index < -0.39 is 5.97 Å². The molecule has 0 fully saturated rings. The van der Waals surface area contributed by atoms with E-state index in [1.54, 1.807) is 0 Å². The zero-order chi connectivity index (χ0) is 19.8. The number of ether oxygens (including phenoxy) is 1. The summed E-state index contributed by atoms with van der Waals surface area (Å²) in [6, 6.07) is 22.2. The van der Waals surface area contributed by atoms with Gasteiger partial charge in [0, 0.05) is 13.0 Å². The van der Waals surface area contributed by atoms with E-state index in [2.05, 4.69) is 29.6 Å². The van der Waals surface area contributed by atoms with Gasteiger partial charge in [-0.25, -0.2) is 0 Å². The van der Waals surface area contributed by atoms with Gasteiger partial charge < -0.3 is 15.2 Å². The largest absolute Gasteiger partial charge is 0.489 e. The number of carboxylic acids is 1.